The van der Waals surface area contributed by atoms with Crippen molar-refractivity contribution in [3.8, 4) is 0 Å². The van der Waals surface area contributed by atoms with Crippen molar-refractivity contribution < 1.29 is 18.7 Å². The average Bonchev–Trinajstić information content (AvgIpc) is 3.29. The third-order valence-corrected chi connectivity index (χ3v) is 4.90. The van der Waals surface area contributed by atoms with Crippen LogP contribution in [0.25, 0.3) is 0 Å². The summed E-state index contributed by atoms with van der Waals surface area (Å²) in [5, 5.41) is 2.91. The van der Waals surface area contributed by atoms with Gasteiger partial charge in [0.25, 0.3) is 5.91 Å². The number of furan rings is 1. The monoisotopic (exact) mass is 370 g/mol. The number of ether oxygens (including phenoxy) is 1. The van der Waals surface area contributed by atoms with E-state index in [1.807, 2.05) is 32.0 Å². The van der Waals surface area contributed by atoms with Crippen molar-refractivity contribution in [3.05, 3.63) is 53.0 Å². The number of carbonyl (C=O) groups excluding carboxylic acids is 2. The number of amides is 2. The van der Waals surface area contributed by atoms with E-state index < -0.39 is 0 Å². The van der Waals surface area contributed by atoms with Gasteiger partial charge in [0.05, 0.1) is 6.10 Å². The number of carbonyl (C=O) groups is 2. The van der Waals surface area contributed by atoms with Gasteiger partial charge in [-0.25, -0.2) is 0 Å². The maximum atomic E-state index is 12.9. The molecule has 3 rings (SSSR count). The van der Waals surface area contributed by atoms with Crippen molar-refractivity contribution in [1.29, 1.82) is 0 Å². The molecule has 1 atom stereocenters. The van der Waals surface area contributed by atoms with E-state index in [1.165, 1.54) is 4.90 Å². The zero-order valence-corrected chi connectivity index (χ0v) is 16.1. The lowest BCUT2D eigenvalue weighted by molar-refractivity contribution is -0.117. The van der Waals surface area contributed by atoms with Crippen molar-refractivity contribution in [3.63, 3.8) is 0 Å². The van der Waals surface area contributed by atoms with Crippen LogP contribution in [0.15, 0.2) is 34.7 Å². The Hall–Kier alpha value is -2.60. The zero-order valence-electron chi connectivity index (χ0n) is 16.1. The van der Waals surface area contributed by atoms with Crippen LogP contribution in [0.5, 0.6) is 0 Å². The Bertz CT molecular complexity index is 821. The molecule has 0 radical (unpaired) electrons. The lowest BCUT2D eigenvalue weighted by Gasteiger charge is -2.24. The van der Waals surface area contributed by atoms with E-state index in [2.05, 4.69) is 5.32 Å². The Morgan fingerprint density at radius 3 is 2.67 bits per heavy atom. The summed E-state index contributed by atoms with van der Waals surface area (Å²) in [5.41, 5.74) is 2.88. The first-order valence-electron chi connectivity index (χ1n) is 9.27. The molecule has 27 heavy (non-hydrogen) atoms. The number of nitrogens with zero attached hydrogens (tertiary/aromatic N) is 1. The largest absolute Gasteiger partial charge is 0.456 e. The van der Waals surface area contributed by atoms with Crippen molar-refractivity contribution in [2.75, 3.05) is 25.0 Å². The van der Waals surface area contributed by atoms with Crippen LogP contribution >= 0.6 is 0 Å². The van der Waals surface area contributed by atoms with Crippen LogP contribution in [0.1, 0.15) is 40.3 Å². The van der Waals surface area contributed by atoms with Crippen LogP contribution in [0.3, 0.4) is 0 Å². The number of hydrogen-bond donors (Lipinski definition) is 1. The number of aryl methyl sites for hydroxylation is 2. The Labute approximate surface area is 159 Å². The van der Waals surface area contributed by atoms with E-state index in [0.29, 0.717) is 18.9 Å². The highest BCUT2D eigenvalue weighted by Crippen LogP contribution is 2.19. The number of anilines is 1. The van der Waals surface area contributed by atoms with Gasteiger partial charge in [0.2, 0.25) is 5.91 Å². The minimum atomic E-state index is -0.297. The molecule has 1 N–H and O–H groups in total. The Balaban J connectivity index is 1.72. The molecular formula is C21H26N2O4. The third-order valence-electron chi connectivity index (χ3n) is 4.90. The summed E-state index contributed by atoms with van der Waals surface area (Å²) in [6.45, 7) is 6.77. The van der Waals surface area contributed by atoms with Crippen molar-refractivity contribution in [2.24, 2.45) is 0 Å². The fourth-order valence-electron chi connectivity index (χ4n) is 3.21. The van der Waals surface area contributed by atoms with Crippen LogP contribution < -0.4 is 5.32 Å². The molecule has 2 amide bonds. The van der Waals surface area contributed by atoms with Gasteiger partial charge < -0.3 is 19.4 Å². The number of benzene rings is 1. The molecule has 1 fully saturated rings. The predicted octanol–water partition coefficient (Wildman–Crippen LogP) is 3.46. The van der Waals surface area contributed by atoms with E-state index in [-0.39, 0.29) is 30.2 Å². The fraction of sp³-hybridized carbons (Fsp3) is 0.429. The first-order valence-corrected chi connectivity index (χ1v) is 9.27. The number of rotatable bonds is 6. The molecule has 6 heteroatoms. The van der Waals surface area contributed by atoms with Gasteiger partial charge in [-0.2, -0.15) is 0 Å². The maximum Gasteiger partial charge on any atom is 0.290 e. The van der Waals surface area contributed by atoms with Crippen molar-refractivity contribution in [2.45, 2.75) is 39.7 Å². The summed E-state index contributed by atoms with van der Waals surface area (Å²) in [7, 11) is 0. The second-order valence-electron chi connectivity index (χ2n) is 7.03. The molecule has 1 aliphatic heterocycles. The van der Waals surface area contributed by atoms with E-state index in [0.717, 1.165) is 29.7 Å². The molecule has 2 aromatic rings. The van der Waals surface area contributed by atoms with Gasteiger partial charge >= 0.3 is 0 Å². The van der Waals surface area contributed by atoms with E-state index >= 15 is 0 Å². The SMILES string of the molecule is Cc1ccc(C(=O)N(CC(=O)Nc2cccc(C)c2C)CC2CCCO2)o1. The van der Waals surface area contributed by atoms with Crippen LogP contribution in [0.4, 0.5) is 5.69 Å². The summed E-state index contributed by atoms with van der Waals surface area (Å²) in [5.74, 6) is 0.369. The first-order chi connectivity index (χ1) is 12.9. The molecule has 0 aliphatic carbocycles. The fourth-order valence-corrected chi connectivity index (χ4v) is 3.21. The van der Waals surface area contributed by atoms with Gasteiger partial charge in [0.15, 0.2) is 5.76 Å². The molecule has 2 heterocycles. The zero-order chi connectivity index (χ0) is 19.4. The van der Waals surface area contributed by atoms with E-state index in [4.69, 9.17) is 9.15 Å². The second kappa shape index (κ2) is 8.39. The average molecular weight is 370 g/mol. The Morgan fingerprint density at radius 1 is 1.19 bits per heavy atom. The van der Waals surface area contributed by atoms with Gasteiger partial charge in [-0.05, 0) is 62.9 Å². The molecule has 1 unspecified atom stereocenters. The molecule has 0 bridgehead atoms. The number of hydrogen-bond acceptors (Lipinski definition) is 4. The molecular weight excluding hydrogens is 344 g/mol. The smallest absolute Gasteiger partial charge is 0.290 e. The highest BCUT2D eigenvalue weighted by Gasteiger charge is 2.27. The van der Waals surface area contributed by atoms with Crippen LogP contribution in [-0.4, -0.2) is 42.5 Å². The minimum absolute atomic E-state index is 0.0430. The van der Waals surface area contributed by atoms with Crippen molar-refractivity contribution in [1.82, 2.24) is 4.90 Å². The minimum Gasteiger partial charge on any atom is -0.456 e. The van der Waals surface area contributed by atoms with Gasteiger partial charge in [0.1, 0.15) is 12.3 Å². The lowest BCUT2D eigenvalue weighted by atomic mass is 10.1. The second-order valence-corrected chi connectivity index (χ2v) is 7.03. The van der Waals surface area contributed by atoms with E-state index in [9.17, 15) is 9.59 Å². The van der Waals surface area contributed by atoms with Crippen LogP contribution in [0.2, 0.25) is 0 Å². The molecule has 1 saturated heterocycles. The summed E-state index contributed by atoms with van der Waals surface area (Å²) in [6, 6.07) is 9.15. The summed E-state index contributed by atoms with van der Waals surface area (Å²) in [4.78, 5) is 27.0. The van der Waals surface area contributed by atoms with Gasteiger partial charge in [-0.1, -0.05) is 12.1 Å². The van der Waals surface area contributed by atoms with Gasteiger partial charge in [0, 0.05) is 18.8 Å². The summed E-state index contributed by atoms with van der Waals surface area (Å²) in [6.07, 6.45) is 1.82. The molecule has 0 saturated carbocycles. The third kappa shape index (κ3) is 4.77. The first kappa shape index (κ1) is 19.2. The topological polar surface area (TPSA) is 71.8 Å². The standard InChI is InChI=1S/C21H26N2O4/c1-14-6-4-8-18(16(14)3)22-20(24)13-23(12-17-7-5-11-26-17)21(25)19-10-9-15(2)27-19/h4,6,8-10,17H,5,7,11-13H2,1-3H3,(H,22,24). The summed E-state index contributed by atoms with van der Waals surface area (Å²) < 4.78 is 11.1. The normalized spacial score (nSPS) is 16.3. The molecule has 1 aromatic heterocycles. The molecule has 6 nitrogen and oxygen atoms in total. The Kier molecular flexibility index (Phi) is 5.96. The Morgan fingerprint density at radius 2 is 2.00 bits per heavy atom. The molecule has 1 aromatic carbocycles. The maximum absolute atomic E-state index is 12.9. The molecule has 1 aliphatic rings. The van der Waals surface area contributed by atoms with E-state index in [1.54, 1.807) is 19.1 Å². The lowest BCUT2D eigenvalue weighted by Crippen LogP contribution is -2.42. The predicted molar refractivity (Wildman–Crippen MR) is 103 cm³/mol. The van der Waals surface area contributed by atoms with Crippen LogP contribution in [-0.2, 0) is 9.53 Å². The van der Waals surface area contributed by atoms with Gasteiger partial charge in [-0.15, -0.1) is 0 Å². The van der Waals surface area contributed by atoms with Gasteiger partial charge in [-0.3, -0.25) is 9.59 Å². The van der Waals surface area contributed by atoms with Crippen molar-refractivity contribution >= 4 is 17.5 Å². The quantitative estimate of drug-likeness (QED) is 0.845. The highest BCUT2D eigenvalue weighted by atomic mass is 16.5. The molecule has 144 valence electrons. The highest BCUT2D eigenvalue weighted by molar-refractivity contribution is 5.98. The molecule has 0 spiro atoms. The number of nitrogens with one attached hydrogen (secondary N) is 1. The summed E-state index contributed by atoms with van der Waals surface area (Å²) >= 11 is 0. The van der Waals surface area contributed by atoms with Crippen LogP contribution in [0, 0.1) is 20.8 Å².